The van der Waals surface area contributed by atoms with Crippen molar-refractivity contribution in [2.24, 2.45) is 0 Å². The zero-order valence-corrected chi connectivity index (χ0v) is 11.5. The van der Waals surface area contributed by atoms with Crippen molar-refractivity contribution in [3.8, 4) is 0 Å². The van der Waals surface area contributed by atoms with E-state index in [9.17, 15) is 13.2 Å². The Balaban J connectivity index is 2.15. The number of carboxylic acids is 1. The Bertz CT molecular complexity index is 347. The molecule has 0 radical (unpaired) electrons. The predicted molar refractivity (Wildman–Crippen MR) is 69.9 cm³/mol. The fraction of sp³-hybridized carbons (Fsp3) is 0.917. The first-order chi connectivity index (χ1) is 8.52. The topological polar surface area (TPSA) is 83.5 Å². The molecule has 0 heterocycles. The first-order valence-electron chi connectivity index (χ1n) is 6.72. The van der Waals surface area contributed by atoms with E-state index < -0.39 is 16.0 Å². The normalized spacial score (nSPS) is 17.8. The monoisotopic (exact) mass is 277 g/mol. The van der Waals surface area contributed by atoms with E-state index in [1.54, 1.807) is 0 Å². The highest BCUT2D eigenvalue weighted by Gasteiger charge is 2.26. The molecule has 5 nitrogen and oxygen atoms in total. The van der Waals surface area contributed by atoms with Gasteiger partial charge in [-0.3, -0.25) is 4.79 Å². The number of carbonyl (C=O) groups is 1. The summed E-state index contributed by atoms with van der Waals surface area (Å²) < 4.78 is 26.5. The molecule has 2 N–H and O–H groups in total. The van der Waals surface area contributed by atoms with Gasteiger partial charge in [0.1, 0.15) is 0 Å². The lowest BCUT2D eigenvalue weighted by Gasteiger charge is -2.21. The summed E-state index contributed by atoms with van der Waals surface area (Å²) in [6.07, 6.45) is 6.92. The Hall–Kier alpha value is -0.620. The van der Waals surface area contributed by atoms with Crippen LogP contribution in [0.3, 0.4) is 0 Å². The van der Waals surface area contributed by atoms with Crippen molar-refractivity contribution in [2.75, 3.05) is 6.54 Å². The summed E-state index contributed by atoms with van der Waals surface area (Å²) >= 11 is 0. The lowest BCUT2D eigenvalue weighted by Crippen LogP contribution is -2.36. The van der Waals surface area contributed by atoms with E-state index in [2.05, 4.69) is 4.72 Å². The molecule has 18 heavy (non-hydrogen) atoms. The van der Waals surface area contributed by atoms with Crippen LogP contribution in [0.4, 0.5) is 0 Å². The van der Waals surface area contributed by atoms with Gasteiger partial charge in [-0.05, 0) is 25.7 Å². The standard InChI is InChI=1S/C12H23NO4S/c14-12(15)9-5-2-6-10-13-18(16,17)11-7-3-1-4-8-11/h11,13H,1-10H2,(H,14,15). The number of carboxylic acid groups (broad SMARTS) is 1. The van der Waals surface area contributed by atoms with Gasteiger partial charge in [-0.25, -0.2) is 13.1 Å². The van der Waals surface area contributed by atoms with E-state index in [1.807, 2.05) is 0 Å². The third-order valence-electron chi connectivity index (χ3n) is 3.36. The van der Waals surface area contributed by atoms with Gasteiger partial charge in [-0.2, -0.15) is 0 Å². The van der Waals surface area contributed by atoms with Gasteiger partial charge >= 0.3 is 5.97 Å². The molecule has 0 aromatic heterocycles. The Morgan fingerprint density at radius 3 is 2.39 bits per heavy atom. The maximum Gasteiger partial charge on any atom is 0.303 e. The quantitative estimate of drug-likeness (QED) is 0.664. The van der Waals surface area contributed by atoms with Gasteiger partial charge in [-0.1, -0.05) is 25.7 Å². The lowest BCUT2D eigenvalue weighted by atomic mass is 10.0. The summed E-state index contributed by atoms with van der Waals surface area (Å²) in [5.74, 6) is -0.794. The third-order valence-corrected chi connectivity index (χ3v) is 5.32. The zero-order chi connectivity index (χ0) is 13.4. The van der Waals surface area contributed by atoms with Gasteiger partial charge in [0.05, 0.1) is 5.25 Å². The fourth-order valence-corrected chi connectivity index (χ4v) is 3.90. The molecule has 6 heteroatoms. The lowest BCUT2D eigenvalue weighted by molar-refractivity contribution is -0.137. The summed E-state index contributed by atoms with van der Waals surface area (Å²) in [6, 6.07) is 0. The van der Waals surface area contributed by atoms with Crippen LogP contribution >= 0.6 is 0 Å². The van der Waals surface area contributed by atoms with E-state index in [0.717, 1.165) is 38.5 Å². The molecule has 0 aromatic carbocycles. The van der Waals surface area contributed by atoms with E-state index in [4.69, 9.17) is 5.11 Å². The minimum absolute atomic E-state index is 0.162. The first-order valence-corrected chi connectivity index (χ1v) is 8.27. The number of unbranched alkanes of at least 4 members (excludes halogenated alkanes) is 2. The van der Waals surface area contributed by atoms with Crippen molar-refractivity contribution in [1.29, 1.82) is 0 Å². The Morgan fingerprint density at radius 2 is 1.78 bits per heavy atom. The van der Waals surface area contributed by atoms with Crippen molar-refractivity contribution in [3.05, 3.63) is 0 Å². The maximum atomic E-state index is 11.9. The molecule has 0 amide bonds. The highest BCUT2D eigenvalue weighted by atomic mass is 32.2. The van der Waals surface area contributed by atoms with Gasteiger partial charge in [0.2, 0.25) is 10.0 Å². The van der Waals surface area contributed by atoms with Crippen LogP contribution in [0.2, 0.25) is 0 Å². The summed E-state index contributed by atoms with van der Waals surface area (Å²) in [6.45, 7) is 0.429. The van der Waals surface area contributed by atoms with E-state index in [0.29, 0.717) is 19.4 Å². The molecule has 1 aliphatic rings. The maximum absolute atomic E-state index is 11.9. The minimum atomic E-state index is -3.15. The summed E-state index contributed by atoms with van der Waals surface area (Å²) in [4.78, 5) is 10.3. The van der Waals surface area contributed by atoms with Crippen LogP contribution in [0.25, 0.3) is 0 Å². The molecule has 0 aliphatic heterocycles. The van der Waals surface area contributed by atoms with Gasteiger partial charge in [0, 0.05) is 13.0 Å². The molecule has 106 valence electrons. The number of sulfonamides is 1. The number of aliphatic carboxylic acids is 1. The molecule has 0 atom stereocenters. The van der Waals surface area contributed by atoms with E-state index in [1.165, 1.54) is 0 Å². The van der Waals surface area contributed by atoms with Crippen molar-refractivity contribution in [1.82, 2.24) is 4.72 Å². The third kappa shape index (κ3) is 5.82. The van der Waals surface area contributed by atoms with Crippen LogP contribution in [0.5, 0.6) is 0 Å². The van der Waals surface area contributed by atoms with Gasteiger partial charge < -0.3 is 5.11 Å². The second-order valence-electron chi connectivity index (χ2n) is 4.90. The van der Waals surface area contributed by atoms with Crippen molar-refractivity contribution in [2.45, 2.75) is 63.0 Å². The number of hydrogen-bond acceptors (Lipinski definition) is 3. The van der Waals surface area contributed by atoms with Crippen molar-refractivity contribution < 1.29 is 18.3 Å². The molecular formula is C12H23NO4S. The molecule has 1 aliphatic carbocycles. The molecule has 1 rings (SSSR count). The predicted octanol–water partition coefficient (Wildman–Crippen LogP) is 1.88. The fourth-order valence-electron chi connectivity index (χ4n) is 2.29. The number of rotatable bonds is 8. The van der Waals surface area contributed by atoms with E-state index in [-0.39, 0.29) is 11.7 Å². The second kappa shape index (κ2) is 7.74. The van der Waals surface area contributed by atoms with E-state index >= 15 is 0 Å². The molecule has 1 saturated carbocycles. The van der Waals surface area contributed by atoms with Crippen LogP contribution < -0.4 is 4.72 Å². The second-order valence-corrected chi connectivity index (χ2v) is 6.95. The highest BCUT2D eigenvalue weighted by molar-refractivity contribution is 7.90. The number of hydrogen-bond donors (Lipinski definition) is 2. The smallest absolute Gasteiger partial charge is 0.303 e. The average Bonchev–Trinajstić information content (AvgIpc) is 2.34. The molecule has 0 bridgehead atoms. The van der Waals surface area contributed by atoms with Gasteiger partial charge in [-0.15, -0.1) is 0 Å². The Labute approximate surface area is 109 Å². The van der Waals surface area contributed by atoms with Crippen LogP contribution in [-0.2, 0) is 14.8 Å². The molecule has 0 saturated heterocycles. The first kappa shape index (κ1) is 15.4. The van der Waals surface area contributed by atoms with Crippen LogP contribution in [-0.4, -0.2) is 31.3 Å². The molecule has 0 unspecified atom stereocenters. The van der Waals surface area contributed by atoms with Crippen molar-refractivity contribution in [3.63, 3.8) is 0 Å². The summed E-state index contributed by atoms with van der Waals surface area (Å²) in [5, 5.41) is 8.24. The Kier molecular flexibility index (Phi) is 6.63. The zero-order valence-electron chi connectivity index (χ0n) is 10.7. The van der Waals surface area contributed by atoms with Crippen molar-refractivity contribution >= 4 is 16.0 Å². The van der Waals surface area contributed by atoms with Gasteiger partial charge in [0.25, 0.3) is 0 Å². The molecule has 0 aromatic rings. The molecule has 1 fully saturated rings. The largest absolute Gasteiger partial charge is 0.481 e. The average molecular weight is 277 g/mol. The molecular weight excluding hydrogens is 254 g/mol. The summed E-state index contributed by atoms with van der Waals surface area (Å²) in [5.41, 5.74) is 0. The molecule has 0 spiro atoms. The van der Waals surface area contributed by atoms with Crippen LogP contribution in [0.1, 0.15) is 57.8 Å². The minimum Gasteiger partial charge on any atom is -0.481 e. The Morgan fingerprint density at radius 1 is 1.11 bits per heavy atom. The van der Waals surface area contributed by atoms with Crippen LogP contribution in [0.15, 0.2) is 0 Å². The number of nitrogens with one attached hydrogen (secondary N) is 1. The summed E-state index contributed by atoms with van der Waals surface area (Å²) in [7, 11) is -3.15. The SMILES string of the molecule is O=C(O)CCCCCNS(=O)(=O)C1CCCCC1. The van der Waals surface area contributed by atoms with Crippen LogP contribution in [0, 0.1) is 0 Å². The highest BCUT2D eigenvalue weighted by Crippen LogP contribution is 2.22. The van der Waals surface area contributed by atoms with Gasteiger partial charge in [0.15, 0.2) is 0 Å².